The molecule has 0 aromatic heterocycles. The minimum atomic E-state index is 0.0583. The predicted octanol–water partition coefficient (Wildman–Crippen LogP) is 3.17. The molecule has 2 aliphatic carbocycles. The Morgan fingerprint density at radius 1 is 1.20 bits per heavy atom. The van der Waals surface area contributed by atoms with Gasteiger partial charge in [0.15, 0.2) is 0 Å². The van der Waals surface area contributed by atoms with Gasteiger partial charge in [-0.1, -0.05) is 23.7 Å². The van der Waals surface area contributed by atoms with Crippen LogP contribution in [0, 0.1) is 6.92 Å². The Bertz CT molecular complexity index is 396. The lowest BCUT2D eigenvalue weighted by atomic mass is 9.83. The van der Waals surface area contributed by atoms with Crippen LogP contribution >= 0.6 is 11.6 Å². The third kappa shape index (κ3) is 1.20. The van der Waals surface area contributed by atoms with Gasteiger partial charge in [0.2, 0.25) is 0 Å². The number of hydrogen-bond donors (Lipinski definition) is 1. The third-order valence-corrected chi connectivity index (χ3v) is 4.51. The van der Waals surface area contributed by atoms with E-state index in [1.54, 1.807) is 0 Å². The molecular weight excluding hydrogens is 206 g/mol. The zero-order valence-corrected chi connectivity index (χ0v) is 9.77. The summed E-state index contributed by atoms with van der Waals surface area (Å²) >= 11 is 6.33. The van der Waals surface area contributed by atoms with Crippen LogP contribution in [0.15, 0.2) is 18.2 Å². The van der Waals surface area contributed by atoms with Gasteiger partial charge in [-0.15, -0.1) is 0 Å². The number of nitrogens with two attached hydrogens (primary N) is 1. The first-order chi connectivity index (χ1) is 7.09. The fourth-order valence-electron chi connectivity index (χ4n) is 2.97. The molecule has 0 atom stereocenters. The van der Waals surface area contributed by atoms with Gasteiger partial charge in [0.1, 0.15) is 0 Å². The predicted molar refractivity (Wildman–Crippen MR) is 63.3 cm³/mol. The third-order valence-electron chi connectivity index (χ3n) is 4.19. The van der Waals surface area contributed by atoms with Crippen molar-refractivity contribution in [2.24, 2.45) is 5.73 Å². The molecule has 2 fully saturated rings. The van der Waals surface area contributed by atoms with Crippen molar-refractivity contribution in [2.75, 3.05) is 0 Å². The number of hydrogen-bond acceptors (Lipinski definition) is 1. The molecule has 0 unspecified atom stereocenters. The number of benzene rings is 1. The van der Waals surface area contributed by atoms with E-state index in [-0.39, 0.29) is 11.0 Å². The van der Waals surface area contributed by atoms with Crippen molar-refractivity contribution < 1.29 is 0 Å². The molecule has 0 aliphatic heterocycles. The summed E-state index contributed by atoms with van der Waals surface area (Å²) in [6, 6.07) is 6.16. The molecule has 2 N–H and O–H groups in total. The van der Waals surface area contributed by atoms with Gasteiger partial charge in [0.25, 0.3) is 0 Å². The van der Waals surface area contributed by atoms with Gasteiger partial charge in [-0.05, 0) is 49.8 Å². The van der Waals surface area contributed by atoms with Crippen LogP contribution in [-0.4, -0.2) is 5.54 Å². The largest absolute Gasteiger partial charge is 0.324 e. The summed E-state index contributed by atoms with van der Waals surface area (Å²) in [6.45, 7) is 2.15. The summed E-state index contributed by atoms with van der Waals surface area (Å²) in [5.74, 6) is 0. The zero-order valence-electron chi connectivity index (χ0n) is 9.02. The van der Waals surface area contributed by atoms with E-state index in [0.29, 0.717) is 0 Å². The van der Waals surface area contributed by atoms with Crippen molar-refractivity contribution in [3.8, 4) is 0 Å². The maximum Gasteiger partial charge on any atom is 0.0447 e. The van der Waals surface area contributed by atoms with Crippen molar-refractivity contribution >= 4 is 11.6 Å². The van der Waals surface area contributed by atoms with Crippen LogP contribution < -0.4 is 5.73 Å². The molecule has 3 rings (SSSR count). The van der Waals surface area contributed by atoms with E-state index in [9.17, 15) is 0 Å². The smallest absolute Gasteiger partial charge is 0.0447 e. The van der Waals surface area contributed by atoms with Crippen molar-refractivity contribution in [1.82, 2.24) is 0 Å². The highest BCUT2D eigenvalue weighted by atomic mass is 35.5. The first-order valence-corrected chi connectivity index (χ1v) is 6.01. The normalized spacial score (nSPS) is 25.0. The fourth-order valence-corrected chi connectivity index (χ4v) is 3.38. The Morgan fingerprint density at radius 2 is 1.87 bits per heavy atom. The fraction of sp³-hybridized carbons (Fsp3) is 0.538. The molecule has 0 heterocycles. The van der Waals surface area contributed by atoms with Gasteiger partial charge in [-0.2, -0.15) is 0 Å². The number of rotatable bonds is 2. The van der Waals surface area contributed by atoms with E-state index >= 15 is 0 Å². The van der Waals surface area contributed by atoms with Crippen LogP contribution in [0.25, 0.3) is 0 Å². The van der Waals surface area contributed by atoms with Crippen molar-refractivity contribution in [2.45, 2.75) is 43.6 Å². The van der Waals surface area contributed by atoms with E-state index in [2.05, 4.69) is 13.0 Å². The monoisotopic (exact) mass is 221 g/mol. The first kappa shape index (κ1) is 9.68. The van der Waals surface area contributed by atoms with Gasteiger partial charge in [-0.3, -0.25) is 0 Å². The lowest BCUT2D eigenvalue weighted by Crippen LogP contribution is -2.37. The highest BCUT2D eigenvalue weighted by molar-refractivity contribution is 6.31. The van der Waals surface area contributed by atoms with Gasteiger partial charge in [0.05, 0.1) is 0 Å². The Morgan fingerprint density at radius 3 is 2.33 bits per heavy atom. The van der Waals surface area contributed by atoms with Gasteiger partial charge in [-0.25, -0.2) is 0 Å². The highest BCUT2D eigenvalue weighted by Gasteiger charge is 2.64. The van der Waals surface area contributed by atoms with E-state index in [1.165, 1.54) is 24.0 Å². The standard InChI is InChI=1S/C13H16ClN/c1-9-3-2-4-10(14)11(9)12(5-6-12)13(15)7-8-13/h2-4H,5-8,15H2,1H3. The Hall–Kier alpha value is -0.530. The van der Waals surface area contributed by atoms with Gasteiger partial charge >= 0.3 is 0 Å². The molecule has 1 aromatic carbocycles. The van der Waals surface area contributed by atoms with E-state index in [4.69, 9.17) is 17.3 Å². The first-order valence-electron chi connectivity index (χ1n) is 5.64. The minimum Gasteiger partial charge on any atom is -0.324 e. The molecule has 1 nitrogen and oxygen atoms in total. The van der Waals surface area contributed by atoms with Crippen molar-refractivity contribution in [3.05, 3.63) is 34.3 Å². The highest BCUT2D eigenvalue weighted by Crippen LogP contribution is 2.65. The minimum absolute atomic E-state index is 0.0583. The summed E-state index contributed by atoms with van der Waals surface area (Å²) in [6.07, 6.45) is 4.76. The second-order valence-corrected chi connectivity index (χ2v) is 5.58. The Kier molecular flexibility index (Phi) is 1.79. The Labute approximate surface area is 95.6 Å². The molecule has 15 heavy (non-hydrogen) atoms. The van der Waals surface area contributed by atoms with Crippen LogP contribution in [0.4, 0.5) is 0 Å². The molecule has 80 valence electrons. The molecule has 0 saturated heterocycles. The van der Waals surface area contributed by atoms with Crippen LogP contribution in [0.5, 0.6) is 0 Å². The summed E-state index contributed by atoms with van der Waals surface area (Å²) in [5, 5.41) is 0.907. The van der Waals surface area contributed by atoms with E-state index in [0.717, 1.165) is 17.9 Å². The van der Waals surface area contributed by atoms with Crippen LogP contribution in [0.3, 0.4) is 0 Å². The molecular formula is C13H16ClN. The average Bonchev–Trinajstić information content (AvgIpc) is 3.02. The van der Waals surface area contributed by atoms with Crippen LogP contribution in [-0.2, 0) is 5.41 Å². The lowest BCUT2D eigenvalue weighted by Gasteiger charge is -2.26. The summed E-state index contributed by atoms with van der Waals surface area (Å²) in [4.78, 5) is 0. The Balaban J connectivity index is 2.13. The second kappa shape index (κ2) is 2.78. The average molecular weight is 222 g/mol. The molecule has 0 spiro atoms. The molecule has 2 aliphatic rings. The van der Waals surface area contributed by atoms with Crippen LogP contribution in [0.2, 0.25) is 5.02 Å². The molecule has 0 radical (unpaired) electrons. The zero-order chi connectivity index (χ0) is 10.7. The number of aryl methyl sites for hydroxylation is 1. The molecule has 2 heteroatoms. The maximum atomic E-state index is 6.40. The topological polar surface area (TPSA) is 26.0 Å². The van der Waals surface area contributed by atoms with Crippen LogP contribution in [0.1, 0.15) is 36.8 Å². The molecule has 0 bridgehead atoms. The quantitative estimate of drug-likeness (QED) is 0.816. The SMILES string of the molecule is Cc1cccc(Cl)c1C1(C2(N)CC2)CC1. The summed E-state index contributed by atoms with van der Waals surface area (Å²) < 4.78 is 0. The van der Waals surface area contributed by atoms with Crippen molar-refractivity contribution in [1.29, 1.82) is 0 Å². The lowest BCUT2D eigenvalue weighted by molar-refractivity contribution is 0.501. The summed E-state index contributed by atoms with van der Waals surface area (Å²) in [7, 11) is 0. The number of halogens is 1. The van der Waals surface area contributed by atoms with Gasteiger partial charge in [0, 0.05) is 16.0 Å². The molecule has 0 amide bonds. The summed E-state index contributed by atoms with van der Waals surface area (Å²) in [5.41, 5.74) is 9.30. The van der Waals surface area contributed by atoms with Gasteiger partial charge < -0.3 is 5.73 Å². The van der Waals surface area contributed by atoms with Crippen molar-refractivity contribution in [3.63, 3.8) is 0 Å². The molecule has 1 aromatic rings. The van der Waals surface area contributed by atoms with E-state index < -0.39 is 0 Å². The maximum absolute atomic E-state index is 6.40. The molecule has 2 saturated carbocycles. The van der Waals surface area contributed by atoms with E-state index in [1.807, 2.05) is 12.1 Å². The second-order valence-electron chi connectivity index (χ2n) is 5.17.